The molecule has 0 aliphatic heterocycles. The molecule has 1 saturated carbocycles. The number of nitrogens with zero attached hydrogens (tertiary/aromatic N) is 4. The highest BCUT2D eigenvalue weighted by atomic mass is 32.2. The normalized spacial score (nSPS) is 14.0. The minimum absolute atomic E-state index is 0.157. The Balaban J connectivity index is 1.47. The Bertz CT molecular complexity index is 951. The van der Waals surface area contributed by atoms with Crippen LogP contribution in [0.1, 0.15) is 58.1 Å². The molecule has 3 heterocycles. The van der Waals surface area contributed by atoms with Gasteiger partial charge in [-0.1, -0.05) is 17.8 Å². The Morgan fingerprint density at radius 2 is 2.11 bits per heavy atom. The predicted octanol–water partition coefficient (Wildman–Crippen LogP) is 4.68. The molecule has 5 nitrogen and oxygen atoms in total. The van der Waals surface area contributed by atoms with E-state index in [0.29, 0.717) is 11.7 Å². The van der Waals surface area contributed by atoms with Crippen molar-refractivity contribution in [3.63, 3.8) is 0 Å². The molecule has 0 spiro atoms. The van der Waals surface area contributed by atoms with E-state index >= 15 is 0 Å². The summed E-state index contributed by atoms with van der Waals surface area (Å²) in [7, 11) is 0. The first-order valence-corrected chi connectivity index (χ1v) is 11.2. The molecule has 0 N–H and O–H groups in total. The van der Waals surface area contributed by atoms with Crippen molar-refractivity contribution in [2.75, 3.05) is 5.75 Å². The first kappa shape index (κ1) is 18.5. The molecule has 0 bridgehead atoms. The zero-order valence-electron chi connectivity index (χ0n) is 15.9. The number of aromatic nitrogens is 4. The van der Waals surface area contributed by atoms with Crippen LogP contribution in [0.3, 0.4) is 0 Å². The first-order chi connectivity index (χ1) is 13.1. The molecular formula is C20H24N4OS2. The van der Waals surface area contributed by atoms with Gasteiger partial charge in [0.1, 0.15) is 5.82 Å². The lowest BCUT2D eigenvalue weighted by Gasteiger charge is -2.08. The number of hydrogen-bond acceptors (Lipinski definition) is 5. The standard InChI is InChI=1S/C20H24N4OS2/c1-4-23-19(15-7-8-15)21-22-20(23)27-12-18(25)17-10-13(2)24(14(17)3)11-16-6-5-9-26-16/h5-6,9-10,15H,4,7-8,11-12H2,1-3H3. The molecule has 27 heavy (non-hydrogen) atoms. The lowest BCUT2D eigenvalue weighted by Crippen LogP contribution is -2.08. The van der Waals surface area contributed by atoms with E-state index in [0.717, 1.165) is 41.0 Å². The molecule has 1 aliphatic rings. The van der Waals surface area contributed by atoms with E-state index in [1.165, 1.54) is 29.5 Å². The molecule has 0 unspecified atom stereocenters. The van der Waals surface area contributed by atoms with E-state index < -0.39 is 0 Å². The second-order valence-electron chi connectivity index (χ2n) is 7.02. The first-order valence-electron chi connectivity index (χ1n) is 9.36. The van der Waals surface area contributed by atoms with Crippen molar-refractivity contribution in [1.29, 1.82) is 0 Å². The molecule has 1 fully saturated rings. The molecule has 3 aromatic rings. The predicted molar refractivity (Wildman–Crippen MR) is 110 cm³/mol. The largest absolute Gasteiger partial charge is 0.343 e. The van der Waals surface area contributed by atoms with Crippen molar-refractivity contribution < 1.29 is 4.79 Å². The molecule has 142 valence electrons. The number of carbonyl (C=O) groups is 1. The highest BCUT2D eigenvalue weighted by molar-refractivity contribution is 7.99. The Hall–Kier alpha value is -1.86. The van der Waals surface area contributed by atoms with Gasteiger partial charge in [0.2, 0.25) is 0 Å². The van der Waals surface area contributed by atoms with E-state index in [2.05, 4.69) is 50.7 Å². The van der Waals surface area contributed by atoms with Gasteiger partial charge in [-0.2, -0.15) is 0 Å². The topological polar surface area (TPSA) is 52.7 Å². The summed E-state index contributed by atoms with van der Waals surface area (Å²) in [6.07, 6.45) is 2.41. The molecule has 4 rings (SSSR count). The van der Waals surface area contributed by atoms with Crippen LogP contribution in [0.4, 0.5) is 0 Å². The van der Waals surface area contributed by atoms with Crippen molar-refractivity contribution in [2.45, 2.75) is 57.8 Å². The number of thiophene rings is 1. The van der Waals surface area contributed by atoms with Crippen LogP contribution in [0, 0.1) is 13.8 Å². The molecular weight excluding hydrogens is 376 g/mol. The fraction of sp³-hybridized carbons (Fsp3) is 0.450. The zero-order valence-corrected chi connectivity index (χ0v) is 17.6. The number of thioether (sulfide) groups is 1. The van der Waals surface area contributed by atoms with Crippen molar-refractivity contribution >= 4 is 28.9 Å². The van der Waals surface area contributed by atoms with Crippen LogP contribution in [-0.2, 0) is 13.1 Å². The van der Waals surface area contributed by atoms with Crippen LogP contribution in [0.2, 0.25) is 0 Å². The van der Waals surface area contributed by atoms with Gasteiger partial charge in [0.25, 0.3) is 0 Å². The Labute approximate surface area is 167 Å². The molecule has 1 aliphatic carbocycles. The van der Waals surface area contributed by atoms with Crippen molar-refractivity contribution in [2.24, 2.45) is 0 Å². The highest BCUT2D eigenvalue weighted by Crippen LogP contribution is 2.40. The number of Topliss-reactive ketones (excluding diaryl/α,β-unsaturated/α-hetero) is 1. The highest BCUT2D eigenvalue weighted by Gasteiger charge is 2.30. The van der Waals surface area contributed by atoms with Gasteiger partial charge in [-0.25, -0.2) is 0 Å². The molecule has 0 saturated heterocycles. The third-order valence-corrected chi connectivity index (χ3v) is 6.93. The summed E-state index contributed by atoms with van der Waals surface area (Å²) >= 11 is 3.25. The van der Waals surface area contributed by atoms with E-state index in [9.17, 15) is 4.79 Å². The van der Waals surface area contributed by atoms with Crippen LogP contribution >= 0.6 is 23.1 Å². The van der Waals surface area contributed by atoms with Gasteiger partial charge in [-0.15, -0.1) is 21.5 Å². The second-order valence-corrected chi connectivity index (χ2v) is 9.00. The van der Waals surface area contributed by atoms with E-state index in [1.54, 1.807) is 11.3 Å². The summed E-state index contributed by atoms with van der Waals surface area (Å²) in [4.78, 5) is 14.2. The molecule has 0 amide bonds. The average Bonchev–Trinajstić information content (AvgIpc) is 3.11. The van der Waals surface area contributed by atoms with Crippen LogP contribution in [0.5, 0.6) is 0 Å². The van der Waals surface area contributed by atoms with Gasteiger partial charge in [0.15, 0.2) is 10.9 Å². The minimum atomic E-state index is 0.157. The molecule has 7 heteroatoms. The van der Waals surface area contributed by atoms with Gasteiger partial charge in [-0.3, -0.25) is 4.79 Å². The second kappa shape index (κ2) is 7.64. The fourth-order valence-electron chi connectivity index (χ4n) is 3.44. The SMILES string of the molecule is CCn1c(SCC(=O)c2cc(C)n(Cc3cccs3)c2C)nnc1C1CC1. The van der Waals surface area contributed by atoms with E-state index in [-0.39, 0.29) is 5.78 Å². The minimum Gasteiger partial charge on any atom is -0.343 e. The number of ketones is 1. The lowest BCUT2D eigenvalue weighted by atomic mass is 10.2. The summed E-state index contributed by atoms with van der Waals surface area (Å²) in [6, 6.07) is 6.22. The van der Waals surface area contributed by atoms with Crippen LogP contribution < -0.4 is 0 Å². The van der Waals surface area contributed by atoms with Gasteiger partial charge in [0.05, 0.1) is 12.3 Å². The lowest BCUT2D eigenvalue weighted by molar-refractivity contribution is 0.102. The molecule has 0 atom stereocenters. The summed E-state index contributed by atoms with van der Waals surface area (Å²) in [6.45, 7) is 7.90. The number of aryl methyl sites for hydroxylation is 1. The van der Waals surface area contributed by atoms with Crippen molar-refractivity contribution in [1.82, 2.24) is 19.3 Å². The Kier molecular flexibility index (Phi) is 5.23. The van der Waals surface area contributed by atoms with Crippen molar-refractivity contribution in [3.05, 3.63) is 51.2 Å². The Morgan fingerprint density at radius 3 is 2.78 bits per heavy atom. The summed E-state index contributed by atoms with van der Waals surface area (Å²) in [5, 5.41) is 11.6. The molecule has 3 aromatic heterocycles. The summed E-state index contributed by atoms with van der Waals surface area (Å²) in [5.74, 6) is 2.20. The summed E-state index contributed by atoms with van der Waals surface area (Å²) < 4.78 is 4.39. The number of rotatable bonds is 8. The smallest absolute Gasteiger partial charge is 0.191 e. The van der Waals surface area contributed by atoms with Crippen LogP contribution in [0.15, 0.2) is 28.7 Å². The van der Waals surface area contributed by atoms with Gasteiger partial charge < -0.3 is 9.13 Å². The maximum Gasteiger partial charge on any atom is 0.191 e. The average molecular weight is 401 g/mol. The maximum atomic E-state index is 12.9. The van der Waals surface area contributed by atoms with Crippen LogP contribution in [-0.4, -0.2) is 30.9 Å². The quantitative estimate of drug-likeness (QED) is 0.407. The number of carbonyl (C=O) groups excluding carboxylic acids is 1. The van der Waals surface area contributed by atoms with Gasteiger partial charge in [0, 0.05) is 34.3 Å². The van der Waals surface area contributed by atoms with Crippen LogP contribution in [0.25, 0.3) is 0 Å². The van der Waals surface area contributed by atoms with Crippen molar-refractivity contribution in [3.8, 4) is 0 Å². The van der Waals surface area contributed by atoms with E-state index in [1.807, 2.05) is 13.0 Å². The summed E-state index contributed by atoms with van der Waals surface area (Å²) in [5.41, 5.74) is 2.99. The Morgan fingerprint density at radius 1 is 1.30 bits per heavy atom. The molecule has 0 aromatic carbocycles. The monoisotopic (exact) mass is 400 g/mol. The van der Waals surface area contributed by atoms with Gasteiger partial charge >= 0.3 is 0 Å². The zero-order chi connectivity index (χ0) is 19.0. The third-order valence-electron chi connectivity index (χ3n) is 5.10. The van der Waals surface area contributed by atoms with Gasteiger partial charge in [-0.05, 0) is 51.1 Å². The maximum absolute atomic E-state index is 12.9. The molecule has 0 radical (unpaired) electrons. The number of hydrogen-bond donors (Lipinski definition) is 0. The third kappa shape index (κ3) is 3.75. The van der Waals surface area contributed by atoms with E-state index in [4.69, 9.17) is 0 Å². The fourth-order valence-corrected chi connectivity index (χ4v) is 5.03.